The van der Waals surface area contributed by atoms with E-state index in [-0.39, 0.29) is 22.8 Å². The minimum Gasteiger partial charge on any atom is -0.347 e. The summed E-state index contributed by atoms with van der Waals surface area (Å²) in [6.07, 6.45) is 1.98. The molecule has 0 bridgehead atoms. The molecule has 0 aliphatic heterocycles. The van der Waals surface area contributed by atoms with Gasteiger partial charge in [-0.1, -0.05) is 23.2 Å². The number of hydrogen-bond acceptors (Lipinski definition) is 3. The zero-order valence-corrected chi connectivity index (χ0v) is 11.3. The van der Waals surface area contributed by atoms with Gasteiger partial charge in [0.1, 0.15) is 10.8 Å². The third kappa shape index (κ3) is 3.85. The van der Waals surface area contributed by atoms with Crippen LogP contribution < -0.4 is 5.32 Å². The molecule has 1 amide bonds. The van der Waals surface area contributed by atoms with Crippen LogP contribution in [0.4, 0.5) is 0 Å². The first-order valence-electron chi connectivity index (χ1n) is 4.66. The van der Waals surface area contributed by atoms with E-state index in [0.29, 0.717) is 5.02 Å². The fourth-order valence-electron chi connectivity index (χ4n) is 1.16. The second-order valence-electron chi connectivity index (χ2n) is 3.29. The highest BCUT2D eigenvalue weighted by Crippen LogP contribution is 2.16. The summed E-state index contributed by atoms with van der Waals surface area (Å²) in [5, 5.41) is 3.36. The van der Waals surface area contributed by atoms with Crippen LogP contribution in [0, 0.1) is 0 Å². The van der Waals surface area contributed by atoms with Crippen LogP contribution >= 0.6 is 35.0 Å². The molecule has 1 heterocycles. The molecule has 3 nitrogen and oxygen atoms in total. The standard InChI is InChI=1S/C10H12Cl2N2OS/c1-6(5-16-2)13-10(15)9-7(11)3-4-8(12)14-9/h3-4,6H,5H2,1-2H3,(H,13,15). The van der Waals surface area contributed by atoms with Crippen LogP contribution in [0.5, 0.6) is 0 Å². The second-order valence-corrected chi connectivity index (χ2v) is 5.00. The monoisotopic (exact) mass is 278 g/mol. The number of thioether (sulfide) groups is 1. The molecule has 16 heavy (non-hydrogen) atoms. The van der Waals surface area contributed by atoms with Gasteiger partial charge in [0.25, 0.3) is 5.91 Å². The molecule has 0 saturated carbocycles. The lowest BCUT2D eigenvalue weighted by molar-refractivity contribution is 0.0939. The van der Waals surface area contributed by atoms with Crippen LogP contribution in [-0.2, 0) is 0 Å². The number of amides is 1. The molecule has 0 fully saturated rings. The molecule has 88 valence electrons. The van der Waals surface area contributed by atoms with Crippen LogP contribution in [0.25, 0.3) is 0 Å². The van der Waals surface area contributed by atoms with E-state index in [1.54, 1.807) is 23.9 Å². The Morgan fingerprint density at radius 3 is 2.88 bits per heavy atom. The maximum atomic E-state index is 11.8. The van der Waals surface area contributed by atoms with E-state index in [1.807, 2.05) is 13.2 Å². The van der Waals surface area contributed by atoms with Crippen LogP contribution in [0.1, 0.15) is 17.4 Å². The Morgan fingerprint density at radius 1 is 1.56 bits per heavy atom. The molecule has 1 atom stereocenters. The summed E-state index contributed by atoms with van der Waals surface area (Å²) in [5.41, 5.74) is 0.169. The molecule has 1 aromatic rings. The molecule has 0 aliphatic rings. The van der Waals surface area contributed by atoms with Crippen molar-refractivity contribution >= 4 is 40.9 Å². The number of hydrogen-bond donors (Lipinski definition) is 1. The third-order valence-electron chi connectivity index (χ3n) is 1.82. The van der Waals surface area contributed by atoms with Crippen molar-refractivity contribution in [2.75, 3.05) is 12.0 Å². The van der Waals surface area contributed by atoms with Crippen LogP contribution in [0.3, 0.4) is 0 Å². The van der Waals surface area contributed by atoms with Gasteiger partial charge in [-0.05, 0) is 25.3 Å². The zero-order valence-electron chi connectivity index (χ0n) is 8.96. The Balaban J connectivity index is 2.76. The van der Waals surface area contributed by atoms with Crippen molar-refractivity contribution in [1.82, 2.24) is 10.3 Å². The van der Waals surface area contributed by atoms with Crippen LogP contribution in [0.15, 0.2) is 12.1 Å². The molecule has 0 spiro atoms. The average molecular weight is 279 g/mol. The number of halogens is 2. The summed E-state index contributed by atoms with van der Waals surface area (Å²) in [6, 6.07) is 3.18. The summed E-state index contributed by atoms with van der Waals surface area (Å²) >= 11 is 13.2. The maximum absolute atomic E-state index is 11.8. The molecule has 1 N–H and O–H groups in total. The Bertz CT molecular complexity index is 387. The van der Waals surface area contributed by atoms with E-state index in [4.69, 9.17) is 23.2 Å². The first-order valence-corrected chi connectivity index (χ1v) is 6.81. The molecule has 0 saturated heterocycles. The number of nitrogens with one attached hydrogen (secondary N) is 1. The number of carbonyl (C=O) groups excluding carboxylic acids is 1. The smallest absolute Gasteiger partial charge is 0.271 e. The van der Waals surface area contributed by atoms with E-state index < -0.39 is 0 Å². The molecule has 1 aromatic heterocycles. The van der Waals surface area contributed by atoms with Gasteiger partial charge in [-0.3, -0.25) is 4.79 Å². The summed E-state index contributed by atoms with van der Waals surface area (Å²) in [7, 11) is 0. The lowest BCUT2D eigenvalue weighted by atomic mass is 10.3. The van der Waals surface area contributed by atoms with Crippen molar-refractivity contribution in [2.24, 2.45) is 0 Å². The summed E-state index contributed by atoms with van der Waals surface area (Å²) < 4.78 is 0. The van der Waals surface area contributed by atoms with Gasteiger partial charge >= 0.3 is 0 Å². The van der Waals surface area contributed by atoms with E-state index in [2.05, 4.69) is 10.3 Å². The lowest BCUT2D eigenvalue weighted by Gasteiger charge is -2.12. The quantitative estimate of drug-likeness (QED) is 0.862. The molecule has 0 aromatic carbocycles. The third-order valence-corrected chi connectivity index (χ3v) is 3.17. The first-order chi connectivity index (χ1) is 7.54. The summed E-state index contributed by atoms with van der Waals surface area (Å²) in [6.45, 7) is 1.92. The molecule has 1 unspecified atom stereocenters. The maximum Gasteiger partial charge on any atom is 0.271 e. The average Bonchev–Trinajstić information content (AvgIpc) is 2.21. The molecule has 1 rings (SSSR count). The lowest BCUT2D eigenvalue weighted by Crippen LogP contribution is -2.34. The number of pyridine rings is 1. The largest absolute Gasteiger partial charge is 0.347 e. The van der Waals surface area contributed by atoms with Gasteiger partial charge in [0.05, 0.1) is 5.02 Å². The van der Waals surface area contributed by atoms with Gasteiger partial charge in [-0.2, -0.15) is 11.8 Å². The fourth-order valence-corrected chi connectivity index (χ4v) is 2.08. The predicted octanol–water partition coefficient (Wildman–Crippen LogP) is 2.87. The molecule has 0 radical (unpaired) electrons. The van der Waals surface area contributed by atoms with Crippen molar-refractivity contribution in [3.63, 3.8) is 0 Å². The summed E-state index contributed by atoms with van der Waals surface area (Å²) in [4.78, 5) is 15.7. The highest BCUT2D eigenvalue weighted by molar-refractivity contribution is 7.98. The second kappa shape index (κ2) is 6.33. The SMILES string of the molecule is CSCC(C)NC(=O)c1nc(Cl)ccc1Cl. The van der Waals surface area contributed by atoms with Gasteiger partial charge in [-0.25, -0.2) is 4.98 Å². The number of carbonyl (C=O) groups is 1. The van der Waals surface area contributed by atoms with Crippen LogP contribution in [-0.4, -0.2) is 28.9 Å². The van der Waals surface area contributed by atoms with Crippen molar-refractivity contribution in [2.45, 2.75) is 13.0 Å². The number of rotatable bonds is 4. The Labute approximate surface area is 109 Å². The highest BCUT2D eigenvalue weighted by Gasteiger charge is 2.14. The zero-order chi connectivity index (χ0) is 12.1. The van der Waals surface area contributed by atoms with Gasteiger partial charge in [0.15, 0.2) is 0 Å². The minimum absolute atomic E-state index is 0.0688. The van der Waals surface area contributed by atoms with Gasteiger partial charge in [-0.15, -0.1) is 0 Å². The van der Waals surface area contributed by atoms with Crippen molar-refractivity contribution < 1.29 is 4.79 Å². The van der Waals surface area contributed by atoms with Gasteiger partial charge < -0.3 is 5.32 Å². The van der Waals surface area contributed by atoms with Crippen LogP contribution in [0.2, 0.25) is 10.2 Å². The van der Waals surface area contributed by atoms with E-state index >= 15 is 0 Å². The molecular weight excluding hydrogens is 267 g/mol. The van der Waals surface area contributed by atoms with Gasteiger partial charge in [0, 0.05) is 11.8 Å². The fraction of sp³-hybridized carbons (Fsp3) is 0.400. The van der Waals surface area contributed by atoms with Crippen molar-refractivity contribution in [3.05, 3.63) is 28.0 Å². The topological polar surface area (TPSA) is 42.0 Å². The van der Waals surface area contributed by atoms with Crippen molar-refractivity contribution in [1.29, 1.82) is 0 Å². The molecule has 6 heteroatoms. The van der Waals surface area contributed by atoms with E-state index in [1.165, 1.54) is 0 Å². The Morgan fingerprint density at radius 2 is 2.25 bits per heavy atom. The minimum atomic E-state index is -0.297. The number of aromatic nitrogens is 1. The Kier molecular flexibility index (Phi) is 5.38. The van der Waals surface area contributed by atoms with Crippen molar-refractivity contribution in [3.8, 4) is 0 Å². The normalized spacial score (nSPS) is 12.2. The highest BCUT2D eigenvalue weighted by atomic mass is 35.5. The van der Waals surface area contributed by atoms with E-state index in [9.17, 15) is 4.79 Å². The Hall–Kier alpha value is -0.450. The first kappa shape index (κ1) is 13.6. The molecular formula is C10H12Cl2N2OS. The number of nitrogens with zero attached hydrogens (tertiary/aromatic N) is 1. The van der Waals surface area contributed by atoms with Gasteiger partial charge in [0.2, 0.25) is 0 Å². The summed E-state index contributed by atoms with van der Waals surface area (Å²) in [5.74, 6) is 0.540. The predicted molar refractivity (Wildman–Crippen MR) is 69.6 cm³/mol. The van der Waals surface area contributed by atoms with E-state index in [0.717, 1.165) is 5.75 Å². The molecule has 0 aliphatic carbocycles.